The van der Waals surface area contributed by atoms with Gasteiger partial charge in [-0.2, -0.15) is 0 Å². The Morgan fingerprint density at radius 1 is 0.864 bits per heavy atom. The zero-order valence-corrected chi connectivity index (χ0v) is 13.8. The highest BCUT2D eigenvalue weighted by Crippen LogP contribution is 2.28. The molecule has 1 saturated carbocycles. The molecule has 1 saturated heterocycles. The maximum absolute atomic E-state index is 10.5. The number of piperidine rings is 1. The number of likely N-dealkylation sites (tertiary alicyclic amines) is 1. The molecule has 2 nitrogen and oxygen atoms in total. The normalized spacial score (nSPS) is 29.0. The first-order valence-electron chi connectivity index (χ1n) is 9.29. The second-order valence-electron chi connectivity index (χ2n) is 7.30. The summed E-state index contributed by atoms with van der Waals surface area (Å²) in [5.41, 5.74) is 1.48. The van der Waals surface area contributed by atoms with Crippen molar-refractivity contribution < 1.29 is 5.11 Å². The maximum Gasteiger partial charge on any atom is 0.0695 e. The number of hydrogen-bond donors (Lipinski definition) is 1. The standard InChI is InChI=1S/C20H31NO/c22-20-11-7-2-1-6-10-19(20)21-14-12-18(13-15-21)16-17-8-4-3-5-9-17/h3-5,8-9,18-20,22H,1-2,6-7,10-16H2. The molecule has 1 heterocycles. The van der Waals surface area contributed by atoms with E-state index in [9.17, 15) is 5.11 Å². The van der Waals surface area contributed by atoms with Gasteiger partial charge in [-0.1, -0.05) is 56.0 Å². The van der Waals surface area contributed by atoms with Crippen molar-refractivity contribution in [1.82, 2.24) is 4.90 Å². The Bertz CT molecular complexity index is 425. The van der Waals surface area contributed by atoms with Crippen molar-refractivity contribution in [1.29, 1.82) is 0 Å². The van der Waals surface area contributed by atoms with Crippen LogP contribution in [0.15, 0.2) is 30.3 Å². The van der Waals surface area contributed by atoms with Gasteiger partial charge >= 0.3 is 0 Å². The van der Waals surface area contributed by atoms with Gasteiger partial charge in [0.25, 0.3) is 0 Å². The van der Waals surface area contributed by atoms with Crippen molar-refractivity contribution in [2.45, 2.75) is 69.9 Å². The summed E-state index contributed by atoms with van der Waals surface area (Å²) in [6.45, 7) is 2.36. The Morgan fingerprint density at radius 3 is 2.27 bits per heavy atom. The van der Waals surface area contributed by atoms with E-state index in [-0.39, 0.29) is 6.10 Å². The van der Waals surface area contributed by atoms with E-state index in [0.717, 1.165) is 12.3 Å². The molecule has 122 valence electrons. The quantitative estimate of drug-likeness (QED) is 0.911. The second-order valence-corrected chi connectivity index (χ2v) is 7.30. The third-order valence-electron chi connectivity index (χ3n) is 5.68. The fraction of sp³-hybridized carbons (Fsp3) is 0.700. The third-order valence-corrected chi connectivity index (χ3v) is 5.68. The first kappa shape index (κ1) is 16.0. The van der Waals surface area contributed by atoms with Gasteiger partial charge in [0.05, 0.1) is 6.10 Å². The van der Waals surface area contributed by atoms with Gasteiger partial charge in [0, 0.05) is 6.04 Å². The molecule has 1 aliphatic carbocycles. The summed E-state index contributed by atoms with van der Waals surface area (Å²) in [6.07, 6.45) is 11.1. The highest BCUT2D eigenvalue weighted by molar-refractivity contribution is 5.15. The molecular weight excluding hydrogens is 270 g/mol. The van der Waals surface area contributed by atoms with Crippen molar-refractivity contribution in [2.24, 2.45) is 5.92 Å². The predicted octanol–water partition coefficient (Wildman–Crippen LogP) is 4.02. The molecule has 1 aliphatic heterocycles. The van der Waals surface area contributed by atoms with Crippen LogP contribution in [0.4, 0.5) is 0 Å². The van der Waals surface area contributed by atoms with Crippen LogP contribution in [0, 0.1) is 5.92 Å². The first-order valence-corrected chi connectivity index (χ1v) is 9.29. The minimum atomic E-state index is -0.0917. The van der Waals surface area contributed by atoms with Crippen molar-refractivity contribution in [3.05, 3.63) is 35.9 Å². The predicted molar refractivity (Wildman–Crippen MR) is 91.9 cm³/mol. The lowest BCUT2D eigenvalue weighted by molar-refractivity contribution is 0.0142. The Morgan fingerprint density at radius 2 is 1.55 bits per heavy atom. The SMILES string of the molecule is OC1CCCCCCC1N1CCC(Cc2ccccc2)CC1. The molecule has 0 radical (unpaired) electrons. The lowest BCUT2D eigenvalue weighted by Crippen LogP contribution is -2.48. The second kappa shape index (κ2) is 8.12. The van der Waals surface area contributed by atoms with Gasteiger partial charge in [-0.15, -0.1) is 0 Å². The van der Waals surface area contributed by atoms with E-state index < -0.39 is 0 Å². The lowest BCUT2D eigenvalue weighted by Gasteiger charge is -2.40. The topological polar surface area (TPSA) is 23.5 Å². The van der Waals surface area contributed by atoms with Gasteiger partial charge in [0.15, 0.2) is 0 Å². The van der Waals surface area contributed by atoms with E-state index in [2.05, 4.69) is 35.2 Å². The lowest BCUT2D eigenvalue weighted by atomic mass is 9.87. The molecule has 3 rings (SSSR count). The minimum Gasteiger partial charge on any atom is -0.391 e. The zero-order valence-electron chi connectivity index (χ0n) is 13.8. The highest BCUT2D eigenvalue weighted by atomic mass is 16.3. The van der Waals surface area contributed by atoms with E-state index in [1.54, 1.807) is 0 Å². The summed E-state index contributed by atoms with van der Waals surface area (Å²) in [5.74, 6) is 0.823. The van der Waals surface area contributed by atoms with Gasteiger partial charge in [0.1, 0.15) is 0 Å². The summed E-state index contributed by atoms with van der Waals surface area (Å²) in [5, 5.41) is 10.5. The van der Waals surface area contributed by atoms with E-state index in [1.807, 2.05) is 0 Å². The minimum absolute atomic E-state index is 0.0917. The Kier molecular flexibility index (Phi) is 5.91. The van der Waals surface area contributed by atoms with Gasteiger partial charge in [-0.3, -0.25) is 4.90 Å². The highest BCUT2D eigenvalue weighted by Gasteiger charge is 2.29. The number of benzene rings is 1. The van der Waals surface area contributed by atoms with E-state index >= 15 is 0 Å². The van der Waals surface area contributed by atoms with Crippen LogP contribution in [0.3, 0.4) is 0 Å². The molecule has 2 heteroatoms. The average molecular weight is 301 g/mol. The summed E-state index contributed by atoms with van der Waals surface area (Å²) >= 11 is 0. The van der Waals surface area contributed by atoms with Crippen LogP contribution in [0.25, 0.3) is 0 Å². The average Bonchev–Trinajstić information content (AvgIpc) is 2.54. The third kappa shape index (κ3) is 4.33. The van der Waals surface area contributed by atoms with Crippen LogP contribution in [0.1, 0.15) is 56.9 Å². The van der Waals surface area contributed by atoms with Crippen LogP contribution in [0.2, 0.25) is 0 Å². The van der Waals surface area contributed by atoms with Crippen molar-refractivity contribution in [3.8, 4) is 0 Å². The maximum atomic E-state index is 10.5. The fourth-order valence-electron chi connectivity index (χ4n) is 4.31. The molecule has 2 atom stereocenters. The Balaban J connectivity index is 1.50. The van der Waals surface area contributed by atoms with Gasteiger partial charge in [-0.05, 0) is 56.7 Å². The molecule has 2 aliphatic rings. The zero-order chi connectivity index (χ0) is 15.2. The van der Waals surface area contributed by atoms with Crippen LogP contribution >= 0.6 is 0 Å². The monoisotopic (exact) mass is 301 g/mol. The van der Waals surface area contributed by atoms with Crippen LogP contribution < -0.4 is 0 Å². The number of nitrogens with zero attached hydrogens (tertiary/aromatic N) is 1. The molecule has 0 aromatic heterocycles. The Hall–Kier alpha value is -0.860. The molecule has 2 fully saturated rings. The smallest absolute Gasteiger partial charge is 0.0695 e. The summed E-state index contributed by atoms with van der Waals surface area (Å²) in [7, 11) is 0. The molecule has 1 aromatic rings. The number of aliphatic hydroxyl groups excluding tert-OH is 1. The molecule has 2 unspecified atom stereocenters. The van der Waals surface area contributed by atoms with Crippen LogP contribution in [-0.4, -0.2) is 35.2 Å². The van der Waals surface area contributed by atoms with Gasteiger partial charge in [0.2, 0.25) is 0 Å². The van der Waals surface area contributed by atoms with Crippen molar-refractivity contribution >= 4 is 0 Å². The number of hydrogen-bond acceptors (Lipinski definition) is 2. The first-order chi connectivity index (χ1) is 10.8. The largest absolute Gasteiger partial charge is 0.391 e. The van der Waals surface area contributed by atoms with Crippen LogP contribution in [0.5, 0.6) is 0 Å². The Labute approximate surface area is 135 Å². The number of rotatable bonds is 3. The molecule has 0 amide bonds. The van der Waals surface area contributed by atoms with Crippen LogP contribution in [-0.2, 0) is 6.42 Å². The molecular formula is C20H31NO. The van der Waals surface area contributed by atoms with E-state index in [1.165, 1.54) is 70.0 Å². The molecule has 1 N–H and O–H groups in total. The molecule has 0 bridgehead atoms. The number of aliphatic hydroxyl groups is 1. The fourth-order valence-corrected chi connectivity index (χ4v) is 4.31. The molecule has 1 aromatic carbocycles. The van der Waals surface area contributed by atoms with E-state index in [0.29, 0.717) is 6.04 Å². The van der Waals surface area contributed by atoms with E-state index in [4.69, 9.17) is 0 Å². The molecule has 22 heavy (non-hydrogen) atoms. The summed E-state index contributed by atoms with van der Waals surface area (Å²) in [6, 6.07) is 11.3. The summed E-state index contributed by atoms with van der Waals surface area (Å²) in [4.78, 5) is 2.59. The van der Waals surface area contributed by atoms with Gasteiger partial charge in [-0.25, -0.2) is 0 Å². The summed E-state index contributed by atoms with van der Waals surface area (Å²) < 4.78 is 0. The van der Waals surface area contributed by atoms with Gasteiger partial charge < -0.3 is 5.11 Å². The van der Waals surface area contributed by atoms with Crippen molar-refractivity contribution in [2.75, 3.05) is 13.1 Å². The van der Waals surface area contributed by atoms with Crippen molar-refractivity contribution in [3.63, 3.8) is 0 Å². The molecule has 0 spiro atoms.